The topological polar surface area (TPSA) is 80.5 Å². The summed E-state index contributed by atoms with van der Waals surface area (Å²) >= 11 is 0. The molecule has 2 saturated heterocycles. The number of amides is 1. The van der Waals surface area contributed by atoms with Crippen molar-refractivity contribution in [3.8, 4) is 0 Å². The van der Waals surface area contributed by atoms with E-state index in [4.69, 9.17) is 5.73 Å². The maximum Gasteiger partial charge on any atom is 0.222 e. The number of hydrogen-bond donors (Lipinski definition) is 1. The average Bonchev–Trinajstić information content (AvgIpc) is 2.69. The minimum atomic E-state index is -2.88. The third-order valence-corrected chi connectivity index (χ3v) is 6.07. The van der Waals surface area contributed by atoms with Crippen molar-refractivity contribution in [2.45, 2.75) is 32.1 Å². The van der Waals surface area contributed by atoms with Gasteiger partial charge in [0.05, 0.1) is 11.5 Å². The Balaban J connectivity index is 1.83. The number of hydrogen-bond acceptors (Lipinski definition) is 4. The summed E-state index contributed by atoms with van der Waals surface area (Å²) in [5.74, 6) is 1.13. The number of rotatable bonds is 4. The Labute approximate surface area is 115 Å². The van der Waals surface area contributed by atoms with Crippen LogP contribution in [-0.2, 0) is 14.6 Å². The molecule has 2 fully saturated rings. The summed E-state index contributed by atoms with van der Waals surface area (Å²) < 4.78 is 22.8. The lowest BCUT2D eigenvalue weighted by atomic mass is 9.94. The number of carbonyl (C=O) groups is 1. The van der Waals surface area contributed by atoms with E-state index in [1.165, 1.54) is 0 Å². The maximum absolute atomic E-state index is 12.2. The Bertz CT molecular complexity index is 420. The molecule has 110 valence electrons. The van der Waals surface area contributed by atoms with Crippen LogP contribution in [0.4, 0.5) is 0 Å². The van der Waals surface area contributed by atoms with Crippen molar-refractivity contribution in [2.75, 3.05) is 31.1 Å². The second-order valence-corrected chi connectivity index (χ2v) is 8.13. The fraction of sp³-hybridized carbons (Fsp3) is 0.923. The Morgan fingerprint density at radius 2 is 2.05 bits per heavy atom. The molecule has 0 aromatic heterocycles. The summed E-state index contributed by atoms with van der Waals surface area (Å²) in [4.78, 5) is 14.1. The first-order valence-electron chi connectivity index (χ1n) is 7.18. The van der Waals surface area contributed by atoms with E-state index in [1.54, 1.807) is 0 Å². The average molecular weight is 288 g/mol. The van der Waals surface area contributed by atoms with Gasteiger partial charge in [-0.2, -0.15) is 0 Å². The van der Waals surface area contributed by atoms with Crippen molar-refractivity contribution in [3.63, 3.8) is 0 Å². The van der Waals surface area contributed by atoms with Crippen LogP contribution in [0.15, 0.2) is 0 Å². The first kappa shape index (κ1) is 14.8. The second-order valence-electron chi connectivity index (χ2n) is 5.90. The van der Waals surface area contributed by atoms with Gasteiger partial charge in [0.25, 0.3) is 0 Å². The fourth-order valence-electron chi connectivity index (χ4n) is 3.17. The summed E-state index contributed by atoms with van der Waals surface area (Å²) in [6.45, 7) is 2.29. The van der Waals surface area contributed by atoms with E-state index in [1.807, 2.05) is 4.90 Å². The van der Waals surface area contributed by atoms with Gasteiger partial charge in [0.2, 0.25) is 5.91 Å². The van der Waals surface area contributed by atoms with Gasteiger partial charge in [0.1, 0.15) is 0 Å². The lowest BCUT2D eigenvalue weighted by Crippen LogP contribution is -2.41. The molecule has 2 N–H and O–H groups in total. The van der Waals surface area contributed by atoms with Crippen LogP contribution in [0.5, 0.6) is 0 Å². The fourth-order valence-corrected chi connectivity index (χ4v) is 5.03. The highest BCUT2D eigenvalue weighted by Gasteiger charge is 2.31. The van der Waals surface area contributed by atoms with E-state index < -0.39 is 9.84 Å². The van der Waals surface area contributed by atoms with E-state index in [9.17, 15) is 13.2 Å². The molecule has 2 atom stereocenters. The molecule has 0 aromatic rings. The van der Waals surface area contributed by atoms with Crippen molar-refractivity contribution in [1.82, 2.24) is 4.90 Å². The first-order valence-corrected chi connectivity index (χ1v) is 9.00. The molecule has 0 spiro atoms. The molecule has 0 radical (unpaired) electrons. The minimum absolute atomic E-state index is 0.0346. The molecule has 2 aliphatic heterocycles. The molecular formula is C13H24N2O3S. The Hall–Kier alpha value is -0.620. The molecule has 2 heterocycles. The Kier molecular flexibility index (Phi) is 4.84. The zero-order chi connectivity index (χ0) is 13.9. The van der Waals surface area contributed by atoms with Crippen LogP contribution in [-0.4, -0.2) is 50.4 Å². The molecule has 19 heavy (non-hydrogen) atoms. The number of sulfone groups is 1. The molecule has 2 rings (SSSR count). The SMILES string of the molecule is NCCC1CCCN(C(=O)CC2CCS(=O)(=O)C2)C1. The van der Waals surface area contributed by atoms with E-state index in [2.05, 4.69) is 0 Å². The number of nitrogens with two attached hydrogens (primary N) is 1. The monoisotopic (exact) mass is 288 g/mol. The summed E-state index contributed by atoms with van der Waals surface area (Å²) in [5.41, 5.74) is 5.57. The van der Waals surface area contributed by atoms with Crippen LogP contribution in [0.2, 0.25) is 0 Å². The molecule has 0 saturated carbocycles. The minimum Gasteiger partial charge on any atom is -0.342 e. The second kappa shape index (κ2) is 6.22. The lowest BCUT2D eigenvalue weighted by molar-refractivity contribution is -0.133. The highest BCUT2D eigenvalue weighted by molar-refractivity contribution is 7.91. The summed E-state index contributed by atoms with van der Waals surface area (Å²) in [6.07, 6.45) is 4.21. The van der Waals surface area contributed by atoms with Gasteiger partial charge in [-0.15, -0.1) is 0 Å². The quantitative estimate of drug-likeness (QED) is 0.812. The van der Waals surface area contributed by atoms with Crippen molar-refractivity contribution in [3.05, 3.63) is 0 Å². The highest BCUT2D eigenvalue weighted by atomic mass is 32.2. The third kappa shape index (κ3) is 4.18. The zero-order valence-electron chi connectivity index (χ0n) is 11.4. The lowest BCUT2D eigenvalue weighted by Gasteiger charge is -2.33. The van der Waals surface area contributed by atoms with Crippen LogP contribution in [0, 0.1) is 11.8 Å². The van der Waals surface area contributed by atoms with Gasteiger partial charge < -0.3 is 10.6 Å². The Morgan fingerprint density at radius 1 is 1.26 bits per heavy atom. The van der Waals surface area contributed by atoms with Crippen molar-refractivity contribution in [2.24, 2.45) is 17.6 Å². The normalized spacial score (nSPS) is 30.5. The van der Waals surface area contributed by atoms with E-state index in [-0.39, 0.29) is 23.3 Å². The molecule has 0 aromatic carbocycles. The van der Waals surface area contributed by atoms with E-state index >= 15 is 0 Å². The number of nitrogens with zero attached hydrogens (tertiary/aromatic N) is 1. The molecular weight excluding hydrogens is 264 g/mol. The van der Waals surface area contributed by atoms with Gasteiger partial charge in [-0.25, -0.2) is 8.42 Å². The standard InChI is InChI=1S/C13H24N2O3S/c14-5-3-11-2-1-6-15(9-11)13(16)8-12-4-7-19(17,18)10-12/h11-12H,1-10,14H2. The van der Waals surface area contributed by atoms with E-state index in [0.717, 1.165) is 32.4 Å². The highest BCUT2D eigenvalue weighted by Crippen LogP contribution is 2.25. The van der Waals surface area contributed by atoms with Crippen LogP contribution < -0.4 is 5.73 Å². The van der Waals surface area contributed by atoms with Gasteiger partial charge in [-0.3, -0.25) is 4.79 Å². The van der Waals surface area contributed by atoms with Crippen LogP contribution >= 0.6 is 0 Å². The van der Waals surface area contributed by atoms with Crippen LogP contribution in [0.25, 0.3) is 0 Å². The summed E-state index contributed by atoms with van der Waals surface area (Å²) in [7, 11) is -2.88. The molecule has 2 unspecified atom stereocenters. The van der Waals surface area contributed by atoms with Crippen molar-refractivity contribution in [1.29, 1.82) is 0 Å². The maximum atomic E-state index is 12.2. The molecule has 0 bridgehead atoms. The van der Waals surface area contributed by atoms with Gasteiger partial charge >= 0.3 is 0 Å². The van der Waals surface area contributed by atoms with Gasteiger partial charge in [-0.05, 0) is 44.1 Å². The third-order valence-electron chi connectivity index (χ3n) is 4.24. The van der Waals surface area contributed by atoms with Crippen molar-refractivity contribution < 1.29 is 13.2 Å². The number of carbonyl (C=O) groups excluding carboxylic acids is 1. The van der Waals surface area contributed by atoms with Crippen molar-refractivity contribution >= 4 is 15.7 Å². The molecule has 0 aliphatic carbocycles. The van der Waals surface area contributed by atoms with E-state index in [0.29, 0.717) is 25.3 Å². The van der Waals surface area contributed by atoms with Crippen LogP contribution in [0.3, 0.4) is 0 Å². The molecule has 2 aliphatic rings. The largest absolute Gasteiger partial charge is 0.342 e. The first-order chi connectivity index (χ1) is 9.00. The summed E-state index contributed by atoms with van der Waals surface area (Å²) in [5, 5.41) is 0. The molecule has 6 heteroatoms. The van der Waals surface area contributed by atoms with Gasteiger partial charge in [0.15, 0.2) is 9.84 Å². The van der Waals surface area contributed by atoms with Gasteiger partial charge in [0, 0.05) is 19.5 Å². The zero-order valence-corrected chi connectivity index (χ0v) is 12.2. The number of likely N-dealkylation sites (tertiary alicyclic amines) is 1. The molecule has 5 nitrogen and oxygen atoms in total. The van der Waals surface area contributed by atoms with Gasteiger partial charge in [-0.1, -0.05) is 0 Å². The predicted octanol–water partition coefficient (Wildman–Crippen LogP) is 0.399. The smallest absolute Gasteiger partial charge is 0.222 e. The number of piperidine rings is 1. The Morgan fingerprint density at radius 3 is 2.68 bits per heavy atom. The predicted molar refractivity (Wildman–Crippen MR) is 74.4 cm³/mol. The van der Waals surface area contributed by atoms with Crippen LogP contribution in [0.1, 0.15) is 32.1 Å². The molecule has 1 amide bonds. The summed E-state index contributed by atoms with van der Waals surface area (Å²) in [6, 6.07) is 0.